The summed E-state index contributed by atoms with van der Waals surface area (Å²) in [6.07, 6.45) is 2.82. The van der Waals surface area contributed by atoms with Gasteiger partial charge in [0.2, 0.25) is 0 Å². The van der Waals surface area contributed by atoms with Gasteiger partial charge < -0.3 is 9.64 Å². The molecule has 1 saturated heterocycles. The number of likely N-dealkylation sites (tertiary alicyclic amines) is 1. The summed E-state index contributed by atoms with van der Waals surface area (Å²) in [7, 11) is 0. The predicted molar refractivity (Wildman–Crippen MR) is 105 cm³/mol. The Morgan fingerprint density at radius 3 is 2.08 bits per heavy atom. The Kier molecular flexibility index (Phi) is 5.65. The summed E-state index contributed by atoms with van der Waals surface area (Å²) in [4.78, 5) is 14.6. The molecular weight excluding hydrogens is 322 g/mol. The third kappa shape index (κ3) is 4.66. The Morgan fingerprint density at radius 2 is 1.58 bits per heavy atom. The number of carbonyl (C=O) groups is 1. The lowest BCUT2D eigenvalue weighted by Crippen LogP contribution is -2.40. The molecule has 0 aliphatic carbocycles. The van der Waals surface area contributed by atoms with Crippen molar-refractivity contribution >= 4 is 6.09 Å². The van der Waals surface area contributed by atoms with Crippen LogP contribution in [0.4, 0.5) is 4.79 Å². The zero-order chi connectivity index (χ0) is 18.6. The standard InChI is InChI=1S/C23H29NO2/c1-23(2,3)26-22(25)24-16-10-15-20(24)17-21(18-11-6-4-7-12-18)19-13-8-5-9-14-19/h4-9,11-14,20-21H,10,15-17H2,1-3H3/t20-/m0/s1. The second kappa shape index (κ2) is 7.94. The molecule has 1 atom stereocenters. The van der Waals surface area contributed by atoms with Gasteiger partial charge in [-0.3, -0.25) is 0 Å². The van der Waals surface area contributed by atoms with Gasteiger partial charge in [0.05, 0.1) is 0 Å². The van der Waals surface area contributed by atoms with Gasteiger partial charge in [0.25, 0.3) is 0 Å². The molecule has 2 aromatic rings. The molecule has 2 aromatic carbocycles. The van der Waals surface area contributed by atoms with Crippen LogP contribution in [0.25, 0.3) is 0 Å². The van der Waals surface area contributed by atoms with Crippen molar-refractivity contribution in [1.82, 2.24) is 4.90 Å². The number of ether oxygens (including phenoxy) is 1. The zero-order valence-electron chi connectivity index (χ0n) is 16.0. The van der Waals surface area contributed by atoms with E-state index in [1.54, 1.807) is 0 Å². The molecule has 26 heavy (non-hydrogen) atoms. The van der Waals surface area contributed by atoms with Crippen molar-refractivity contribution in [2.45, 2.75) is 57.6 Å². The molecule has 1 aliphatic heterocycles. The van der Waals surface area contributed by atoms with Crippen LogP contribution in [0.15, 0.2) is 60.7 Å². The predicted octanol–water partition coefficient (Wildman–Crippen LogP) is 5.61. The fraction of sp³-hybridized carbons (Fsp3) is 0.435. The van der Waals surface area contributed by atoms with Crippen molar-refractivity contribution in [2.75, 3.05) is 6.54 Å². The highest BCUT2D eigenvalue weighted by molar-refractivity contribution is 5.69. The first kappa shape index (κ1) is 18.5. The minimum atomic E-state index is -0.456. The zero-order valence-corrected chi connectivity index (χ0v) is 16.0. The average Bonchev–Trinajstić information content (AvgIpc) is 3.08. The fourth-order valence-corrected chi connectivity index (χ4v) is 3.75. The van der Waals surface area contributed by atoms with Crippen molar-refractivity contribution in [2.24, 2.45) is 0 Å². The van der Waals surface area contributed by atoms with Crippen LogP contribution in [0, 0.1) is 0 Å². The maximum absolute atomic E-state index is 12.6. The lowest BCUT2D eigenvalue weighted by molar-refractivity contribution is 0.0217. The first-order valence-electron chi connectivity index (χ1n) is 9.53. The van der Waals surface area contributed by atoms with E-state index < -0.39 is 5.60 Å². The summed E-state index contributed by atoms with van der Waals surface area (Å²) in [6, 6.07) is 21.4. The van der Waals surface area contributed by atoms with Gasteiger partial charge in [0.1, 0.15) is 5.60 Å². The molecule has 3 heteroatoms. The number of amides is 1. The monoisotopic (exact) mass is 351 g/mol. The maximum atomic E-state index is 12.6. The molecule has 0 bridgehead atoms. The van der Waals surface area contributed by atoms with Gasteiger partial charge >= 0.3 is 6.09 Å². The van der Waals surface area contributed by atoms with Gasteiger partial charge in [-0.25, -0.2) is 4.79 Å². The smallest absolute Gasteiger partial charge is 0.410 e. The van der Waals surface area contributed by atoms with Crippen LogP contribution in [-0.4, -0.2) is 29.2 Å². The van der Waals surface area contributed by atoms with Crippen LogP contribution < -0.4 is 0 Å². The Balaban J connectivity index is 1.81. The van der Waals surface area contributed by atoms with Gasteiger partial charge in [0, 0.05) is 18.5 Å². The Labute approximate surface area is 157 Å². The summed E-state index contributed by atoms with van der Waals surface area (Å²) < 4.78 is 5.63. The highest BCUT2D eigenvalue weighted by atomic mass is 16.6. The van der Waals surface area contributed by atoms with Gasteiger partial charge in [-0.2, -0.15) is 0 Å². The molecule has 0 N–H and O–H groups in total. The van der Waals surface area contributed by atoms with Crippen LogP contribution >= 0.6 is 0 Å². The Hall–Kier alpha value is -2.29. The highest BCUT2D eigenvalue weighted by Gasteiger charge is 2.34. The third-order valence-electron chi connectivity index (χ3n) is 4.92. The highest BCUT2D eigenvalue weighted by Crippen LogP contribution is 2.34. The maximum Gasteiger partial charge on any atom is 0.410 e. The van der Waals surface area contributed by atoms with Crippen LogP contribution in [-0.2, 0) is 4.74 Å². The number of hydrogen-bond donors (Lipinski definition) is 0. The summed E-state index contributed by atoms with van der Waals surface area (Å²) in [5, 5.41) is 0. The molecule has 3 rings (SSSR count). The number of nitrogens with zero attached hydrogens (tertiary/aromatic N) is 1. The number of carbonyl (C=O) groups excluding carboxylic acids is 1. The molecule has 0 unspecified atom stereocenters. The Bertz CT molecular complexity index is 666. The minimum absolute atomic E-state index is 0.181. The summed E-state index contributed by atoms with van der Waals surface area (Å²) in [5.74, 6) is 0.283. The summed E-state index contributed by atoms with van der Waals surface area (Å²) in [5.41, 5.74) is 2.15. The molecule has 3 nitrogen and oxygen atoms in total. The molecule has 1 amide bonds. The van der Waals surface area contributed by atoms with E-state index in [2.05, 4.69) is 48.5 Å². The summed E-state index contributed by atoms with van der Waals surface area (Å²) >= 11 is 0. The second-order valence-corrected chi connectivity index (χ2v) is 8.08. The molecule has 0 saturated carbocycles. The van der Waals surface area contributed by atoms with E-state index in [1.165, 1.54) is 11.1 Å². The van der Waals surface area contributed by atoms with Crippen LogP contribution in [0.2, 0.25) is 0 Å². The van der Waals surface area contributed by atoms with Gasteiger partial charge in [0.15, 0.2) is 0 Å². The average molecular weight is 351 g/mol. The number of benzene rings is 2. The van der Waals surface area contributed by atoms with Crippen molar-refractivity contribution in [3.05, 3.63) is 71.8 Å². The first-order chi connectivity index (χ1) is 12.4. The van der Waals surface area contributed by atoms with E-state index in [0.717, 1.165) is 25.8 Å². The van der Waals surface area contributed by atoms with Crippen molar-refractivity contribution < 1.29 is 9.53 Å². The Morgan fingerprint density at radius 1 is 1.04 bits per heavy atom. The van der Waals surface area contributed by atoms with Crippen LogP contribution in [0.5, 0.6) is 0 Å². The summed E-state index contributed by atoms with van der Waals surface area (Å²) in [6.45, 7) is 6.56. The molecular formula is C23H29NO2. The molecule has 0 radical (unpaired) electrons. The van der Waals surface area contributed by atoms with Gasteiger partial charge in [-0.1, -0.05) is 60.7 Å². The molecule has 1 aliphatic rings. The van der Waals surface area contributed by atoms with Crippen LogP contribution in [0.1, 0.15) is 57.1 Å². The van der Waals surface area contributed by atoms with E-state index in [-0.39, 0.29) is 18.1 Å². The quantitative estimate of drug-likeness (QED) is 0.717. The normalized spacial score (nSPS) is 17.5. The molecule has 0 spiro atoms. The van der Waals surface area contributed by atoms with E-state index in [1.807, 2.05) is 37.8 Å². The van der Waals surface area contributed by atoms with Crippen molar-refractivity contribution in [3.63, 3.8) is 0 Å². The molecule has 0 aromatic heterocycles. The van der Waals surface area contributed by atoms with Crippen molar-refractivity contribution in [3.8, 4) is 0 Å². The number of rotatable bonds is 4. The van der Waals surface area contributed by atoms with Crippen LogP contribution in [0.3, 0.4) is 0 Å². The van der Waals surface area contributed by atoms with E-state index in [0.29, 0.717) is 0 Å². The molecule has 1 fully saturated rings. The lowest BCUT2D eigenvalue weighted by atomic mass is 9.85. The van der Waals surface area contributed by atoms with Gasteiger partial charge in [-0.15, -0.1) is 0 Å². The topological polar surface area (TPSA) is 29.5 Å². The van der Waals surface area contributed by atoms with E-state index in [9.17, 15) is 4.79 Å². The largest absolute Gasteiger partial charge is 0.444 e. The van der Waals surface area contributed by atoms with Gasteiger partial charge in [-0.05, 0) is 51.2 Å². The third-order valence-corrected chi connectivity index (χ3v) is 4.92. The molecule has 1 heterocycles. The first-order valence-corrected chi connectivity index (χ1v) is 9.53. The lowest BCUT2D eigenvalue weighted by Gasteiger charge is -2.31. The fourth-order valence-electron chi connectivity index (χ4n) is 3.75. The van der Waals surface area contributed by atoms with E-state index >= 15 is 0 Å². The molecule has 138 valence electrons. The minimum Gasteiger partial charge on any atom is -0.444 e. The second-order valence-electron chi connectivity index (χ2n) is 8.08. The number of hydrogen-bond acceptors (Lipinski definition) is 2. The van der Waals surface area contributed by atoms with E-state index in [4.69, 9.17) is 4.74 Å². The SMILES string of the molecule is CC(C)(C)OC(=O)N1CCC[C@H]1CC(c1ccccc1)c1ccccc1. The van der Waals surface area contributed by atoms with Crippen molar-refractivity contribution in [1.29, 1.82) is 0 Å².